The number of halogens is 2. The van der Waals surface area contributed by atoms with Gasteiger partial charge in [0.2, 0.25) is 5.91 Å². The molecule has 1 aliphatic carbocycles. The van der Waals surface area contributed by atoms with Gasteiger partial charge in [-0.1, -0.05) is 19.3 Å². The lowest BCUT2D eigenvalue weighted by Gasteiger charge is -2.35. The molecule has 0 atom stereocenters. The van der Waals surface area contributed by atoms with Crippen molar-refractivity contribution >= 4 is 45.6 Å². The van der Waals surface area contributed by atoms with E-state index in [9.17, 15) is 4.79 Å². The topological polar surface area (TPSA) is 55.1 Å². The average molecular weight is 382 g/mol. The molecule has 1 fully saturated rings. The van der Waals surface area contributed by atoms with Gasteiger partial charge in [-0.05, 0) is 46.8 Å². The van der Waals surface area contributed by atoms with E-state index >= 15 is 0 Å². The van der Waals surface area contributed by atoms with Gasteiger partial charge in [-0.15, -0.1) is 23.7 Å². The second kappa shape index (κ2) is 8.37. The summed E-state index contributed by atoms with van der Waals surface area (Å²) in [6.45, 7) is 1.25. The van der Waals surface area contributed by atoms with Crippen molar-refractivity contribution in [3.63, 3.8) is 0 Å². The molecule has 0 bridgehead atoms. The number of amides is 1. The zero-order valence-electron chi connectivity index (χ0n) is 11.5. The largest absolute Gasteiger partial charge is 0.351 e. The van der Waals surface area contributed by atoms with Gasteiger partial charge in [-0.2, -0.15) is 0 Å². The second-order valence-corrected chi connectivity index (χ2v) is 7.36. The normalized spacial score (nSPS) is 17.3. The van der Waals surface area contributed by atoms with Crippen LogP contribution in [0.2, 0.25) is 0 Å². The van der Waals surface area contributed by atoms with E-state index in [1.165, 1.54) is 24.1 Å². The van der Waals surface area contributed by atoms with Crippen molar-refractivity contribution < 1.29 is 4.79 Å². The molecule has 1 aliphatic rings. The van der Waals surface area contributed by atoms with Crippen LogP contribution >= 0.6 is 39.7 Å². The van der Waals surface area contributed by atoms with Crippen LogP contribution in [0.25, 0.3) is 0 Å². The van der Waals surface area contributed by atoms with Crippen LogP contribution in [0.5, 0.6) is 0 Å². The highest BCUT2D eigenvalue weighted by Gasteiger charge is 2.32. The average Bonchev–Trinajstić information content (AvgIpc) is 2.83. The smallest absolute Gasteiger partial charge is 0.220 e. The van der Waals surface area contributed by atoms with E-state index in [-0.39, 0.29) is 23.7 Å². The van der Waals surface area contributed by atoms with Gasteiger partial charge < -0.3 is 11.1 Å². The fourth-order valence-corrected chi connectivity index (χ4v) is 4.18. The van der Waals surface area contributed by atoms with Crippen LogP contribution in [0.4, 0.5) is 0 Å². The second-order valence-electron chi connectivity index (χ2n) is 5.45. The number of hydrogen-bond donors (Lipinski definition) is 2. The Morgan fingerprint density at radius 2 is 2.10 bits per heavy atom. The molecule has 0 spiro atoms. The van der Waals surface area contributed by atoms with E-state index in [1.54, 1.807) is 11.3 Å². The predicted molar refractivity (Wildman–Crippen MR) is 90.3 cm³/mol. The number of nitrogens with two attached hydrogens (primary N) is 1. The van der Waals surface area contributed by atoms with Crippen molar-refractivity contribution in [3.05, 3.63) is 20.8 Å². The zero-order chi connectivity index (χ0) is 13.7. The third-order valence-electron chi connectivity index (χ3n) is 3.96. The molecule has 1 aromatic heterocycles. The first-order valence-corrected chi connectivity index (χ1v) is 8.50. The summed E-state index contributed by atoms with van der Waals surface area (Å²) in [5, 5.41) is 5.05. The minimum Gasteiger partial charge on any atom is -0.351 e. The molecule has 0 saturated heterocycles. The van der Waals surface area contributed by atoms with Gasteiger partial charge >= 0.3 is 0 Å². The number of carbonyl (C=O) groups excluding carboxylic acids is 1. The third-order valence-corrected chi connectivity index (χ3v) is 5.66. The Hall–Kier alpha value is -0.100. The first-order chi connectivity index (χ1) is 9.13. The van der Waals surface area contributed by atoms with Gasteiger partial charge in [-0.25, -0.2) is 0 Å². The lowest BCUT2D eigenvalue weighted by atomic mass is 9.71. The maximum atomic E-state index is 12.1. The predicted octanol–water partition coefficient (Wildman–Crippen LogP) is 3.85. The molecule has 1 amide bonds. The molecule has 0 unspecified atom stereocenters. The van der Waals surface area contributed by atoms with Gasteiger partial charge in [0, 0.05) is 21.2 Å². The van der Waals surface area contributed by atoms with Crippen LogP contribution in [-0.2, 0) is 11.3 Å². The number of rotatable bonds is 5. The van der Waals surface area contributed by atoms with Gasteiger partial charge in [0.05, 0.1) is 6.54 Å². The summed E-state index contributed by atoms with van der Waals surface area (Å²) in [6, 6.07) is 2.05. The molecule has 3 N–H and O–H groups in total. The summed E-state index contributed by atoms with van der Waals surface area (Å²) < 4.78 is 1.08. The lowest BCUT2D eigenvalue weighted by Crippen LogP contribution is -2.38. The zero-order valence-corrected chi connectivity index (χ0v) is 14.7. The quantitative estimate of drug-likeness (QED) is 0.814. The molecule has 0 aromatic carbocycles. The molecule has 1 heterocycles. The van der Waals surface area contributed by atoms with Gasteiger partial charge in [0.1, 0.15) is 0 Å². The lowest BCUT2D eigenvalue weighted by molar-refractivity contribution is -0.124. The highest BCUT2D eigenvalue weighted by molar-refractivity contribution is 9.10. The summed E-state index contributed by atoms with van der Waals surface area (Å²) >= 11 is 5.08. The van der Waals surface area contributed by atoms with Crippen molar-refractivity contribution in [2.45, 2.75) is 45.1 Å². The molecular formula is C14H22BrClN2OS. The molecule has 6 heteroatoms. The van der Waals surface area contributed by atoms with E-state index in [0.29, 0.717) is 19.5 Å². The highest BCUT2D eigenvalue weighted by Crippen LogP contribution is 2.38. The molecule has 2 rings (SSSR count). The summed E-state index contributed by atoms with van der Waals surface area (Å²) in [7, 11) is 0. The number of nitrogens with one attached hydrogen (secondary N) is 1. The fraction of sp³-hybridized carbons (Fsp3) is 0.643. The maximum Gasteiger partial charge on any atom is 0.220 e. The molecule has 3 nitrogen and oxygen atoms in total. The van der Waals surface area contributed by atoms with E-state index in [0.717, 1.165) is 17.3 Å². The Bertz CT molecular complexity index is 433. The number of hydrogen-bond acceptors (Lipinski definition) is 3. The van der Waals surface area contributed by atoms with Crippen LogP contribution < -0.4 is 11.1 Å². The molecule has 1 saturated carbocycles. The molecule has 0 radical (unpaired) electrons. The number of carbonyl (C=O) groups is 1. The monoisotopic (exact) mass is 380 g/mol. The third kappa shape index (κ3) is 5.02. The summed E-state index contributed by atoms with van der Waals surface area (Å²) in [5.41, 5.74) is 5.97. The molecule has 20 heavy (non-hydrogen) atoms. The van der Waals surface area contributed by atoms with Gasteiger partial charge in [0.25, 0.3) is 0 Å². The van der Waals surface area contributed by atoms with Crippen LogP contribution in [-0.4, -0.2) is 12.5 Å². The highest BCUT2D eigenvalue weighted by atomic mass is 79.9. The van der Waals surface area contributed by atoms with E-state index in [1.807, 2.05) is 11.4 Å². The Kier molecular flexibility index (Phi) is 7.51. The first-order valence-electron chi connectivity index (χ1n) is 6.83. The first kappa shape index (κ1) is 18.0. The Morgan fingerprint density at radius 3 is 2.65 bits per heavy atom. The summed E-state index contributed by atoms with van der Waals surface area (Å²) in [6.07, 6.45) is 6.48. The Morgan fingerprint density at radius 1 is 1.40 bits per heavy atom. The van der Waals surface area contributed by atoms with E-state index < -0.39 is 0 Å². The van der Waals surface area contributed by atoms with Crippen LogP contribution in [0.1, 0.15) is 43.4 Å². The Labute approximate surface area is 139 Å². The molecule has 114 valence electrons. The minimum atomic E-state index is 0. The SMILES string of the molecule is Cl.NCC1(CC(=O)NCc2cc(Br)cs2)CCCCC1. The maximum absolute atomic E-state index is 12.1. The van der Waals surface area contributed by atoms with Gasteiger partial charge in [-0.3, -0.25) is 4.79 Å². The van der Waals surface area contributed by atoms with Crippen LogP contribution in [0, 0.1) is 5.41 Å². The number of thiophene rings is 1. The van der Waals surface area contributed by atoms with Crippen molar-refractivity contribution in [1.29, 1.82) is 0 Å². The van der Waals surface area contributed by atoms with E-state index in [4.69, 9.17) is 5.73 Å². The Balaban J connectivity index is 0.00000200. The van der Waals surface area contributed by atoms with Crippen LogP contribution in [0.15, 0.2) is 15.9 Å². The summed E-state index contributed by atoms with van der Waals surface area (Å²) in [4.78, 5) is 13.3. The van der Waals surface area contributed by atoms with Crippen molar-refractivity contribution in [3.8, 4) is 0 Å². The molecular weight excluding hydrogens is 360 g/mol. The minimum absolute atomic E-state index is 0. The van der Waals surface area contributed by atoms with Crippen LogP contribution in [0.3, 0.4) is 0 Å². The molecule has 0 aliphatic heterocycles. The van der Waals surface area contributed by atoms with Crippen molar-refractivity contribution in [1.82, 2.24) is 5.32 Å². The molecule has 1 aromatic rings. The van der Waals surface area contributed by atoms with E-state index in [2.05, 4.69) is 21.2 Å². The summed E-state index contributed by atoms with van der Waals surface area (Å²) in [5.74, 6) is 0.136. The van der Waals surface area contributed by atoms with Gasteiger partial charge in [0.15, 0.2) is 0 Å². The van der Waals surface area contributed by atoms with Crippen molar-refractivity contribution in [2.75, 3.05) is 6.54 Å². The van der Waals surface area contributed by atoms with Crippen molar-refractivity contribution in [2.24, 2.45) is 11.1 Å². The standard InChI is InChI=1S/C14H21BrN2OS.ClH/c15-11-6-12(19-9-11)8-17-13(18)7-14(10-16)4-2-1-3-5-14;/h6,9H,1-5,7-8,10,16H2,(H,17,18);1H. The fourth-order valence-electron chi connectivity index (χ4n) is 2.79.